The largest absolute Gasteiger partial charge is 0.497 e. The van der Waals surface area contributed by atoms with Crippen LogP contribution in [-0.2, 0) is 32.4 Å². The number of benzene rings is 2. The van der Waals surface area contributed by atoms with Crippen molar-refractivity contribution in [3.05, 3.63) is 71.0 Å². The summed E-state index contributed by atoms with van der Waals surface area (Å²) in [5.41, 5.74) is 4.16. The number of ether oxygens (including phenoxy) is 1. The van der Waals surface area contributed by atoms with Crippen LogP contribution >= 0.6 is 0 Å². The van der Waals surface area contributed by atoms with Gasteiger partial charge >= 0.3 is 0 Å². The van der Waals surface area contributed by atoms with Gasteiger partial charge in [0, 0.05) is 26.1 Å². The first-order valence-electron chi connectivity index (χ1n) is 10.1. The van der Waals surface area contributed by atoms with E-state index in [1.165, 1.54) is 16.7 Å². The molecule has 146 valence electrons. The first-order valence-corrected chi connectivity index (χ1v) is 10.1. The summed E-state index contributed by atoms with van der Waals surface area (Å²) in [6.45, 7) is 4.99. The lowest BCUT2D eigenvalue weighted by Crippen LogP contribution is -2.26. The topological polar surface area (TPSA) is 43.2 Å². The molecule has 0 atom stereocenters. The monoisotopic (exact) mass is 376 g/mol. The van der Waals surface area contributed by atoms with E-state index in [-0.39, 0.29) is 0 Å². The van der Waals surface area contributed by atoms with Crippen LogP contribution in [-0.4, -0.2) is 28.4 Å². The fourth-order valence-corrected chi connectivity index (χ4v) is 3.99. The minimum Gasteiger partial charge on any atom is -0.497 e. The third-order valence-corrected chi connectivity index (χ3v) is 5.56. The van der Waals surface area contributed by atoms with Gasteiger partial charge in [-0.05, 0) is 55.0 Å². The van der Waals surface area contributed by atoms with Gasteiger partial charge in [-0.25, -0.2) is 0 Å². The molecule has 1 aliphatic heterocycles. The molecule has 28 heavy (non-hydrogen) atoms. The normalized spacial score (nSPS) is 13.9. The summed E-state index contributed by atoms with van der Waals surface area (Å²) in [5.74, 6) is 2.96. The van der Waals surface area contributed by atoms with E-state index < -0.39 is 0 Å². The molecule has 0 saturated heterocycles. The maximum absolute atomic E-state index is 5.24. The maximum Gasteiger partial charge on any atom is 0.227 e. The molecule has 0 spiro atoms. The Bertz CT molecular complexity index is 917. The summed E-state index contributed by atoms with van der Waals surface area (Å²) >= 11 is 0. The number of methoxy groups -OCH3 is 1. The van der Waals surface area contributed by atoms with E-state index >= 15 is 0 Å². The third kappa shape index (κ3) is 3.88. The van der Waals surface area contributed by atoms with E-state index in [1.807, 2.05) is 12.1 Å². The highest BCUT2D eigenvalue weighted by Gasteiger charge is 2.20. The van der Waals surface area contributed by atoms with Crippen LogP contribution in [0.1, 0.15) is 35.9 Å². The molecule has 1 aromatic heterocycles. The number of rotatable bonds is 6. The minimum absolute atomic E-state index is 0.887. The number of hydrogen-bond donors (Lipinski definition) is 0. The second-order valence-electron chi connectivity index (χ2n) is 7.30. The number of fused-ring (bicyclic) bond motifs is 1. The zero-order valence-electron chi connectivity index (χ0n) is 16.8. The van der Waals surface area contributed by atoms with E-state index in [2.05, 4.69) is 63.0 Å². The molecular weight excluding hydrogens is 348 g/mol. The second kappa shape index (κ2) is 8.46. The van der Waals surface area contributed by atoms with Crippen molar-refractivity contribution in [3.63, 3.8) is 0 Å². The van der Waals surface area contributed by atoms with Gasteiger partial charge in [0.25, 0.3) is 0 Å². The molecule has 5 nitrogen and oxygen atoms in total. The Morgan fingerprint density at radius 3 is 2.50 bits per heavy atom. The molecule has 1 aliphatic rings. The summed E-state index contributed by atoms with van der Waals surface area (Å²) in [7, 11) is 1.70. The minimum atomic E-state index is 0.887. The van der Waals surface area contributed by atoms with Crippen molar-refractivity contribution in [1.82, 2.24) is 14.8 Å². The lowest BCUT2D eigenvalue weighted by Gasteiger charge is -2.22. The standard InChI is InChI=1S/C23H28N4O/c1-3-27-22(15-12-18-10-13-21(28-2)14-11-18)24-25-23(27)26-16-6-9-19-7-4-5-8-20(19)17-26/h4-5,7-8,10-11,13-14H,3,6,9,12,15-17H2,1-2H3. The summed E-state index contributed by atoms with van der Waals surface area (Å²) in [4.78, 5) is 2.39. The van der Waals surface area contributed by atoms with Gasteiger partial charge in [-0.2, -0.15) is 0 Å². The van der Waals surface area contributed by atoms with Crippen LogP contribution in [0.15, 0.2) is 48.5 Å². The smallest absolute Gasteiger partial charge is 0.227 e. The zero-order chi connectivity index (χ0) is 19.3. The van der Waals surface area contributed by atoms with Gasteiger partial charge in [-0.3, -0.25) is 4.57 Å². The molecular formula is C23H28N4O. The van der Waals surface area contributed by atoms with Crippen molar-refractivity contribution in [3.8, 4) is 5.75 Å². The average molecular weight is 377 g/mol. The van der Waals surface area contributed by atoms with Crippen molar-refractivity contribution in [1.29, 1.82) is 0 Å². The van der Waals surface area contributed by atoms with Crippen LogP contribution in [0.3, 0.4) is 0 Å². The fraction of sp³-hybridized carbons (Fsp3) is 0.391. The van der Waals surface area contributed by atoms with Crippen LogP contribution < -0.4 is 9.64 Å². The highest BCUT2D eigenvalue weighted by Crippen LogP contribution is 2.24. The molecule has 0 aliphatic carbocycles. The van der Waals surface area contributed by atoms with Crippen molar-refractivity contribution >= 4 is 5.95 Å². The molecule has 0 N–H and O–H groups in total. The molecule has 0 bridgehead atoms. The van der Waals surface area contributed by atoms with Crippen molar-refractivity contribution in [2.45, 2.75) is 45.7 Å². The molecule has 4 rings (SSSR count). The molecule has 2 aromatic carbocycles. The van der Waals surface area contributed by atoms with Gasteiger partial charge in [0.15, 0.2) is 0 Å². The Balaban J connectivity index is 1.50. The van der Waals surface area contributed by atoms with E-state index in [4.69, 9.17) is 4.74 Å². The Morgan fingerprint density at radius 2 is 1.75 bits per heavy atom. The summed E-state index contributed by atoms with van der Waals surface area (Å²) in [6.07, 6.45) is 4.12. The molecule has 0 radical (unpaired) electrons. The second-order valence-corrected chi connectivity index (χ2v) is 7.30. The van der Waals surface area contributed by atoms with E-state index in [0.29, 0.717) is 0 Å². The van der Waals surface area contributed by atoms with Crippen LogP contribution in [0.4, 0.5) is 5.95 Å². The van der Waals surface area contributed by atoms with Crippen molar-refractivity contribution < 1.29 is 4.74 Å². The van der Waals surface area contributed by atoms with E-state index in [9.17, 15) is 0 Å². The Kier molecular flexibility index (Phi) is 5.60. The number of nitrogens with zero attached hydrogens (tertiary/aromatic N) is 4. The quantitative estimate of drug-likeness (QED) is 0.651. The Labute approximate surface area is 167 Å². The number of aryl methyl sites for hydroxylation is 3. The Morgan fingerprint density at radius 1 is 0.964 bits per heavy atom. The molecule has 3 aromatic rings. The van der Waals surface area contributed by atoms with Crippen molar-refractivity contribution in [2.24, 2.45) is 0 Å². The van der Waals surface area contributed by atoms with E-state index in [1.54, 1.807) is 7.11 Å². The van der Waals surface area contributed by atoms with Crippen molar-refractivity contribution in [2.75, 3.05) is 18.6 Å². The van der Waals surface area contributed by atoms with Crippen LogP contribution in [0.2, 0.25) is 0 Å². The molecule has 0 amide bonds. The molecule has 2 heterocycles. The van der Waals surface area contributed by atoms with Gasteiger partial charge < -0.3 is 9.64 Å². The molecule has 5 heteroatoms. The molecule has 0 fully saturated rings. The molecule has 0 unspecified atom stereocenters. The number of hydrogen-bond acceptors (Lipinski definition) is 4. The maximum atomic E-state index is 5.24. The summed E-state index contributed by atoms with van der Waals surface area (Å²) in [5, 5.41) is 9.13. The van der Waals surface area contributed by atoms with Gasteiger partial charge in [0.2, 0.25) is 5.95 Å². The average Bonchev–Trinajstić information content (AvgIpc) is 3.03. The van der Waals surface area contributed by atoms with Gasteiger partial charge in [-0.15, -0.1) is 10.2 Å². The van der Waals surface area contributed by atoms with Gasteiger partial charge in [0.05, 0.1) is 7.11 Å². The van der Waals surface area contributed by atoms with Crippen LogP contribution in [0, 0.1) is 0 Å². The Hall–Kier alpha value is -2.82. The summed E-state index contributed by atoms with van der Waals surface area (Å²) < 4.78 is 7.52. The highest BCUT2D eigenvalue weighted by atomic mass is 16.5. The van der Waals surface area contributed by atoms with Crippen LogP contribution in [0.25, 0.3) is 0 Å². The summed E-state index contributed by atoms with van der Waals surface area (Å²) in [6, 6.07) is 17.0. The predicted octanol–water partition coefficient (Wildman–Crippen LogP) is 4.04. The predicted molar refractivity (Wildman–Crippen MR) is 112 cm³/mol. The highest BCUT2D eigenvalue weighted by molar-refractivity contribution is 5.38. The lowest BCUT2D eigenvalue weighted by molar-refractivity contribution is 0.414. The first kappa shape index (κ1) is 18.5. The zero-order valence-corrected chi connectivity index (χ0v) is 16.8. The third-order valence-electron chi connectivity index (χ3n) is 5.56. The number of anilines is 1. The van der Waals surface area contributed by atoms with Gasteiger partial charge in [0.1, 0.15) is 11.6 Å². The number of aromatic nitrogens is 3. The fourth-order valence-electron chi connectivity index (χ4n) is 3.99. The molecule has 0 saturated carbocycles. The van der Waals surface area contributed by atoms with E-state index in [0.717, 1.165) is 62.8 Å². The van der Waals surface area contributed by atoms with Gasteiger partial charge in [-0.1, -0.05) is 36.4 Å². The SMILES string of the molecule is CCn1c(CCc2ccc(OC)cc2)nnc1N1CCCc2ccccc2C1. The lowest BCUT2D eigenvalue weighted by atomic mass is 10.0. The van der Waals surface area contributed by atoms with Crippen LogP contribution in [0.5, 0.6) is 5.75 Å². The first-order chi connectivity index (χ1) is 13.8.